The number of esters is 1. The lowest BCUT2D eigenvalue weighted by Gasteiger charge is -2.11. The van der Waals surface area contributed by atoms with Crippen molar-refractivity contribution >= 4 is 5.97 Å². The van der Waals surface area contributed by atoms with Crippen LogP contribution in [0.5, 0.6) is 0 Å². The molecule has 2 unspecified atom stereocenters. The molecular formula is C16H13F4NO3. The molecule has 0 aliphatic heterocycles. The predicted molar refractivity (Wildman–Crippen MR) is 73.2 cm³/mol. The van der Waals surface area contributed by atoms with Gasteiger partial charge in [0.05, 0.1) is 17.6 Å². The Morgan fingerprint density at radius 1 is 1.21 bits per heavy atom. The van der Waals surface area contributed by atoms with E-state index in [9.17, 15) is 22.4 Å². The first kappa shape index (κ1) is 17.9. The summed E-state index contributed by atoms with van der Waals surface area (Å²) in [5.41, 5.74) is -1.92. The van der Waals surface area contributed by atoms with Crippen LogP contribution in [0.2, 0.25) is 0 Å². The maximum absolute atomic E-state index is 13.8. The highest BCUT2D eigenvalue weighted by molar-refractivity contribution is 5.76. The van der Waals surface area contributed by atoms with Gasteiger partial charge in [0.25, 0.3) is 0 Å². The number of aliphatic hydroxyl groups is 1. The zero-order valence-electron chi connectivity index (χ0n) is 12.4. The molecule has 0 heterocycles. The van der Waals surface area contributed by atoms with Crippen LogP contribution in [-0.4, -0.2) is 17.7 Å². The van der Waals surface area contributed by atoms with E-state index >= 15 is 0 Å². The van der Waals surface area contributed by atoms with Gasteiger partial charge in [-0.05, 0) is 12.3 Å². The molecule has 1 aliphatic rings. The fourth-order valence-electron chi connectivity index (χ4n) is 2.30. The molecule has 4 nitrogen and oxygen atoms in total. The standard InChI is InChI=1S/C16H13F4NO3/c17-12-9(3-5-22)13(18)15(20)11(14(12)19)7-24-16(23)10-6-8(10)2-1-4-21/h1-2,8,10,22H,3,5-7H2. The molecule has 2 atom stereocenters. The van der Waals surface area contributed by atoms with E-state index < -0.39 is 65.9 Å². The Balaban J connectivity index is 2.10. The van der Waals surface area contributed by atoms with Gasteiger partial charge in [0.15, 0.2) is 23.3 Å². The second kappa shape index (κ2) is 7.45. The number of benzene rings is 1. The summed E-state index contributed by atoms with van der Waals surface area (Å²) in [7, 11) is 0. The number of hydrogen-bond donors (Lipinski definition) is 1. The summed E-state index contributed by atoms with van der Waals surface area (Å²) in [5.74, 6) is -8.02. The van der Waals surface area contributed by atoms with Crippen LogP contribution < -0.4 is 0 Å². The molecule has 128 valence electrons. The molecule has 8 heteroatoms. The largest absolute Gasteiger partial charge is 0.460 e. The fraction of sp³-hybridized carbons (Fsp3) is 0.375. The Labute approximate surface area is 135 Å². The van der Waals surface area contributed by atoms with Crippen molar-refractivity contribution in [1.82, 2.24) is 0 Å². The molecule has 1 N–H and O–H groups in total. The number of halogens is 4. The average Bonchev–Trinajstić information content (AvgIpc) is 3.34. The summed E-state index contributed by atoms with van der Waals surface area (Å²) in [6, 6.07) is 1.77. The monoisotopic (exact) mass is 343 g/mol. The molecule has 1 fully saturated rings. The Morgan fingerprint density at radius 2 is 1.79 bits per heavy atom. The van der Waals surface area contributed by atoms with E-state index in [1.165, 1.54) is 12.2 Å². The van der Waals surface area contributed by atoms with Crippen LogP contribution >= 0.6 is 0 Å². The first-order valence-electron chi connectivity index (χ1n) is 7.09. The number of ether oxygens (including phenoxy) is 1. The minimum absolute atomic E-state index is 0.188. The number of rotatable bonds is 6. The summed E-state index contributed by atoms with van der Waals surface area (Å²) in [6.45, 7) is -1.63. The van der Waals surface area contributed by atoms with Gasteiger partial charge in [-0.2, -0.15) is 5.26 Å². The van der Waals surface area contributed by atoms with E-state index in [1.807, 2.05) is 0 Å². The van der Waals surface area contributed by atoms with Crippen molar-refractivity contribution in [1.29, 1.82) is 5.26 Å². The second-order valence-corrected chi connectivity index (χ2v) is 5.29. The van der Waals surface area contributed by atoms with Gasteiger partial charge < -0.3 is 9.84 Å². The number of allylic oxidation sites excluding steroid dienone is 2. The third-order valence-corrected chi connectivity index (χ3v) is 3.73. The Kier molecular flexibility index (Phi) is 5.57. The van der Waals surface area contributed by atoms with E-state index in [0.717, 1.165) is 0 Å². The van der Waals surface area contributed by atoms with Gasteiger partial charge in [-0.25, -0.2) is 17.6 Å². The van der Waals surface area contributed by atoms with Gasteiger partial charge in [-0.3, -0.25) is 4.79 Å². The molecule has 1 aliphatic carbocycles. The third kappa shape index (κ3) is 3.57. The number of carbonyl (C=O) groups is 1. The number of aliphatic hydroxyl groups excluding tert-OH is 1. The molecular weight excluding hydrogens is 330 g/mol. The zero-order valence-corrected chi connectivity index (χ0v) is 12.4. The van der Waals surface area contributed by atoms with Gasteiger partial charge in [0.2, 0.25) is 0 Å². The minimum atomic E-state index is -1.65. The highest BCUT2D eigenvalue weighted by Gasteiger charge is 2.42. The molecule has 0 aromatic heterocycles. The molecule has 1 saturated carbocycles. The van der Waals surface area contributed by atoms with Gasteiger partial charge >= 0.3 is 5.97 Å². The SMILES string of the molecule is N#CC=CC1CC1C(=O)OCc1c(F)c(F)c(CCO)c(F)c1F. The van der Waals surface area contributed by atoms with Crippen molar-refractivity contribution in [3.63, 3.8) is 0 Å². The van der Waals surface area contributed by atoms with Crippen molar-refractivity contribution in [3.8, 4) is 6.07 Å². The van der Waals surface area contributed by atoms with E-state index in [0.29, 0.717) is 6.42 Å². The molecule has 0 saturated heterocycles. The average molecular weight is 343 g/mol. The Hall–Kier alpha value is -2.40. The molecule has 2 rings (SSSR count). The summed E-state index contributed by atoms with van der Waals surface area (Å²) in [5, 5.41) is 17.0. The van der Waals surface area contributed by atoms with Crippen LogP contribution in [0.1, 0.15) is 17.5 Å². The smallest absolute Gasteiger partial charge is 0.309 e. The third-order valence-electron chi connectivity index (χ3n) is 3.73. The molecule has 0 amide bonds. The maximum Gasteiger partial charge on any atom is 0.309 e. The summed E-state index contributed by atoms with van der Waals surface area (Å²) >= 11 is 0. The molecule has 0 radical (unpaired) electrons. The van der Waals surface area contributed by atoms with Gasteiger partial charge in [0.1, 0.15) is 6.61 Å². The first-order valence-corrected chi connectivity index (χ1v) is 7.09. The normalized spacial score (nSPS) is 19.3. The van der Waals surface area contributed by atoms with Crippen LogP contribution in [-0.2, 0) is 22.6 Å². The van der Waals surface area contributed by atoms with Crippen molar-refractivity contribution < 1.29 is 32.2 Å². The van der Waals surface area contributed by atoms with E-state index in [4.69, 9.17) is 15.1 Å². The van der Waals surface area contributed by atoms with Crippen LogP contribution in [0.4, 0.5) is 17.6 Å². The van der Waals surface area contributed by atoms with E-state index in [2.05, 4.69) is 0 Å². The number of hydrogen-bond acceptors (Lipinski definition) is 4. The zero-order chi connectivity index (χ0) is 17.9. The summed E-state index contributed by atoms with van der Waals surface area (Å²) in [6.07, 6.45) is 2.57. The lowest BCUT2D eigenvalue weighted by Crippen LogP contribution is -2.14. The lowest BCUT2D eigenvalue weighted by atomic mass is 10.1. The maximum atomic E-state index is 13.8. The number of nitrogens with zero attached hydrogens (tertiary/aromatic N) is 1. The van der Waals surface area contributed by atoms with Crippen LogP contribution in [0.25, 0.3) is 0 Å². The van der Waals surface area contributed by atoms with Gasteiger partial charge in [-0.1, -0.05) is 6.08 Å². The van der Waals surface area contributed by atoms with Gasteiger partial charge in [-0.15, -0.1) is 0 Å². The van der Waals surface area contributed by atoms with Crippen LogP contribution in [0.15, 0.2) is 12.2 Å². The molecule has 24 heavy (non-hydrogen) atoms. The topological polar surface area (TPSA) is 70.3 Å². The summed E-state index contributed by atoms with van der Waals surface area (Å²) < 4.78 is 59.8. The van der Waals surface area contributed by atoms with Gasteiger partial charge in [0, 0.05) is 24.7 Å². The quantitative estimate of drug-likeness (QED) is 0.373. The molecule has 1 aromatic carbocycles. The van der Waals surface area contributed by atoms with Crippen LogP contribution in [0, 0.1) is 46.4 Å². The predicted octanol–water partition coefficient (Wildman–Crippen LogP) is 2.54. The van der Waals surface area contributed by atoms with E-state index in [1.54, 1.807) is 6.07 Å². The van der Waals surface area contributed by atoms with Crippen molar-refractivity contribution in [3.05, 3.63) is 46.5 Å². The number of carbonyl (C=O) groups excluding carboxylic acids is 1. The minimum Gasteiger partial charge on any atom is -0.460 e. The molecule has 0 bridgehead atoms. The first-order chi connectivity index (χ1) is 11.4. The van der Waals surface area contributed by atoms with Crippen molar-refractivity contribution in [2.75, 3.05) is 6.61 Å². The highest BCUT2D eigenvalue weighted by atomic mass is 19.2. The molecule has 0 spiro atoms. The Morgan fingerprint density at radius 3 is 2.33 bits per heavy atom. The lowest BCUT2D eigenvalue weighted by molar-refractivity contribution is -0.146. The summed E-state index contributed by atoms with van der Waals surface area (Å²) in [4.78, 5) is 11.7. The van der Waals surface area contributed by atoms with Crippen LogP contribution in [0.3, 0.4) is 0 Å². The van der Waals surface area contributed by atoms with Crippen molar-refractivity contribution in [2.24, 2.45) is 11.8 Å². The number of nitriles is 1. The highest BCUT2D eigenvalue weighted by Crippen LogP contribution is 2.40. The molecule has 1 aromatic rings. The second-order valence-electron chi connectivity index (χ2n) is 5.29. The Bertz CT molecular complexity index is 698. The fourth-order valence-corrected chi connectivity index (χ4v) is 2.30. The van der Waals surface area contributed by atoms with Crippen molar-refractivity contribution in [2.45, 2.75) is 19.4 Å². The van der Waals surface area contributed by atoms with E-state index in [-0.39, 0.29) is 5.92 Å².